The van der Waals surface area contributed by atoms with E-state index in [1.54, 1.807) is 6.33 Å². The van der Waals surface area contributed by atoms with Gasteiger partial charge in [0, 0.05) is 25.7 Å². The summed E-state index contributed by atoms with van der Waals surface area (Å²) in [6, 6.07) is 0. The Kier molecular flexibility index (Phi) is 6.47. The molecule has 0 saturated heterocycles. The van der Waals surface area contributed by atoms with E-state index in [4.69, 9.17) is 0 Å². The molecule has 0 fully saturated rings. The average molecular weight is 250 g/mol. The van der Waals surface area contributed by atoms with Crippen molar-refractivity contribution < 1.29 is 0 Å². The second kappa shape index (κ2) is 7.90. The molecular weight excluding hydrogens is 224 g/mol. The van der Waals surface area contributed by atoms with E-state index < -0.39 is 0 Å². The van der Waals surface area contributed by atoms with Gasteiger partial charge in [0.15, 0.2) is 0 Å². The molecular formula is C14H26N4. The van der Waals surface area contributed by atoms with Gasteiger partial charge in [-0.15, -0.1) is 0 Å². The molecule has 0 aromatic carbocycles. The lowest BCUT2D eigenvalue weighted by Crippen LogP contribution is -2.22. The lowest BCUT2D eigenvalue weighted by molar-refractivity contribution is 0.699. The smallest absolute Gasteiger partial charge is 0.137 e. The molecule has 0 spiro atoms. The van der Waals surface area contributed by atoms with Gasteiger partial charge in [-0.25, -0.2) is 9.97 Å². The van der Waals surface area contributed by atoms with Crippen LogP contribution in [0.5, 0.6) is 0 Å². The van der Waals surface area contributed by atoms with Gasteiger partial charge in [0.1, 0.15) is 18.0 Å². The van der Waals surface area contributed by atoms with Crippen molar-refractivity contribution in [2.45, 2.75) is 46.5 Å². The Labute approximate surface area is 111 Å². The monoisotopic (exact) mass is 250 g/mol. The van der Waals surface area contributed by atoms with Crippen molar-refractivity contribution >= 4 is 11.6 Å². The number of aromatic nitrogens is 2. The second-order valence-corrected chi connectivity index (χ2v) is 4.54. The third kappa shape index (κ3) is 3.86. The molecule has 0 saturated carbocycles. The van der Waals surface area contributed by atoms with Crippen molar-refractivity contribution in [1.29, 1.82) is 0 Å². The van der Waals surface area contributed by atoms with Crippen molar-refractivity contribution in [2.24, 2.45) is 0 Å². The van der Waals surface area contributed by atoms with Gasteiger partial charge in [-0.1, -0.05) is 26.7 Å². The Hall–Kier alpha value is -1.32. The Morgan fingerprint density at radius 1 is 1.17 bits per heavy atom. The summed E-state index contributed by atoms with van der Waals surface area (Å²) >= 11 is 0. The van der Waals surface area contributed by atoms with Crippen LogP contribution < -0.4 is 10.2 Å². The van der Waals surface area contributed by atoms with Crippen LogP contribution in [-0.2, 0) is 6.42 Å². The van der Waals surface area contributed by atoms with Gasteiger partial charge in [0.2, 0.25) is 0 Å². The fraction of sp³-hybridized carbons (Fsp3) is 0.714. The molecule has 0 amide bonds. The van der Waals surface area contributed by atoms with E-state index in [0.29, 0.717) is 0 Å². The maximum Gasteiger partial charge on any atom is 0.137 e. The molecule has 0 aliphatic rings. The third-order valence-electron chi connectivity index (χ3n) is 3.08. The summed E-state index contributed by atoms with van der Waals surface area (Å²) in [5.41, 5.74) is 1.22. The molecule has 0 aliphatic heterocycles. The first-order valence-corrected chi connectivity index (χ1v) is 7.03. The first-order valence-electron chi connectivity index (χ1n) is 7.03. The Balaban J connectivity index is 2.82. The fourth-order valence-electron chi connectivity index (χ4n) is 2.08. The summed E-state index contributed by atoms with van der Waals surface area (Å²) in [5, 5.41) is 3.31. The zero-order valence-corrected chi connectivity index (χ0v) is 12.2. The number of rotatable bonds is 8. The highest BCUT2D eigenvalue weighted by Crippen LogP contribution is 2.23. The summed E-state index contributed by atoms with van der Waals surface area (Å²) in [6.07, 6.45) is 6.36. The molecule has 1 N–H and O–H groups in total. The molecule has 1 rings (SSSR count). The number of anilines is 2. The summed E-state index contributed by atoms with van der Waals surface area (Å²) in [4.78, 5) is 11.0. The SMILES string of the molecule is CCCCCN(C)c1ncnc(NCC)c1CC. The molecule has 18 heavy (non-hydrogen) atoms. The maximum atomic E-state index is 4.45. The molecule has 0 radical (unpaired) electrons. The fourth-order valence-corrected chi connectivity index (χ4v) is 2.08. The van der Waals surface area contributed by atoms with Crippen LogP contribution in [0.3, 0.4) is 0 Å². The lowest BCUT2D eigenvalue weighted by atomic mass is 10.2. The Morgan fingerprint density at radius 3 is 2.56 bits per heavy atom. The number of nitrogens with one attached hydrogen (secondary N) is 1. The minimum Gasteiger partial charge on any atom is -0.370 e. The van der Waals surface area contributed by atoms with Crippen LogP contribution >= 0.6 is 0 Å². The maximum absolute atomic E-state index is 4.45. The van der Waals surface area contributed by atoms with Crippen LogP contribution in [0.1, 0.15) is 45.6 Å². The molecule has 0 aliphatic carbocycles. The molecule has 1 aromatic rings. The van der Waals surface area contributed by atoms with Crippen LogP contribution in [-0.4, -0.2) is 30.1 Å². The second-order valence-electron chi connectivity index (χ2n) is 4.54. The van der Waals surface area contributed by atoms with E-state index in [9.17, 15) is 0 Å². The van der Waals surface area contributed by atoms with Crippen LogP contribution in [0.2, 0.25) is 0 Å². The zero-order valence-electron chi connectivity index (χ0n) is 12.2. The topological polar surface area (TPSA) is 41.1 Å². The highest BCUT2D eigenvalue weighted by Gasteiger charge is 2.12. The summed E-state index contributed by atoms with van der Waals surface area (Å²) in [7, 11) is 2.12. The minimum atomic E-state index is 0.892. The van der Waals surface area contributed by atoms with Gasteiger partial charge >= 0.3 is 0 Å². The largest absolute Gasteiger partial charge is 0.370 e. The van der Waals surface area contributed by atoms with Gasteiger partial charge in [-0.2, -0.15) is 0 Å². The standard InChI is InChI=1S/C14H26N4/c1-5-8-9-10-18(4)14-12(6-2)13(15-7-3)16-11-17-14/h11H,5-10H2,1-4H3,(H,15,16,17). The van der Waals surface area contributed by atoms with Crippen molar-refractivity contribution in [3.8, 4) is 0 Å². The molecule has 0 atom stereocenters. The highest BCUT2D eigenvalue weighted by molar-refractivity contribution is 5.58. The van der Waals surface area contributed by atoms with E-state index in [2.05, 4.69) is 48.0 Å². The van der Waals surface area contributed by atoms with Crippen molar-refractivity contribution in [3.05, 3.63) is 11.9 Å². The third-order valence-corrected chi connectivity index (χ3v) is 3.08. The number of nitrogens with zero attached hydrogens (tertiary/aromatic N) is 3. The van der Waals surface area contributed by atoms with Crippen LogP contribution in [0.15, 0.2) is 6.33 Å². The van der Waals surface area contributed by atoms with Crippen molar-refractivity contribution in [1.82, 2.24) is 9.97 Å². The van der Waals surface area contributed by atoms with E-state index >= 15 is 0 Å². The number of hydrogen-bond donors (Lipinski definition) is 1. The molecule has 1 aromatic heterocycles. The predicted octanol–water partition coefficient (Wildman–Crippen LogP) is 3.10. The van der Waals surface area contributed by atoms with Gasteiger partial charge in [-0.05, 0) is 19.8 Å². The molecule has 102 valence electrons. The summed E-state index contributed by atoms with van der Waals surface area (Å²) in [6.45, 7) is 8.42. The van der Waals surface area contributed by atoms with Gasteiger partial charge < -0.3 is 10.2 Å². The van der Waals surface area contributed by atoms with Crippen molar-refractivity contribution in [2.75, 3.05) is 30.4 Å². The van der Waals surface area contributed by atoms with E-state index in [1.165, 1.54) is 24.8 Å². The van der Waals surface area contributed by atoms with Gasteiger partial charge in [0.25, 0.3) is 0 Å². The first-order chi connectivity index (χ1) is 8.74. The number of unbranched alkanes of at least 4 members (excludes halogenated alkanes) is 2. The molecule has 0 bridgehead atoms. The van der Waals surface area contributed by atoms with Crippen molar-refractivity contribution in [3.63, 3.8) is 0 Å². The highest BCUT2D eigenvalue weighted by atomic mass is 15.2. The lowest BCUT2D eigenvalue weighted by Gasteiger charge is -2.22. The van der Waals surface area contributed by atoms with Crippen LogP contribution in [0, 0.1) is 0 Å². The Morgan fingerprint density at radius 2 is 1.94 bits per heavy atom. The summed E-state index contributed by atoms with van der Waals surface area (Å²) in [5.74, 6) is 2.05. The van der Waals surface area contributed by atoms with E-state index in [-0.39, 0.29) is 0 Å². The van der Waals surface area contributed by atoms with E-state index in [0.717, 1.165) is 31.1 Å². The first kappa shape index (κ1) is 14.7. The average Bonchev–Trinajstić information content (AvgIpc) is 2.39. The zero-order chi connectivity index (χ0) is 13.4. The molecule has 4 heteroatoms. The number of hydrogen-bond acceptors (Lipinski definition) is 4. The molecule has 4 nitrogen and oxygen atoms in total. The van der Waals surface area contributed by atoms with Gasteiger partial charge in [0.05, 0.1) is 0 Å². The summed E-state index contributed by atoms with van der Waals surface area (Å²) < 4.78 is 0. The van der Waals surface area contributed by atoms with Crippen LogP contribution in [0.4, 0.5) is 11.6 Å². The molecule has 1 heterocycles. The molecule has 0 unspecified atom stereocenters. The van der Waals surface area contributed by atoms with Crippen LogP contribution in [0.25, 0.3) is 0 Å². The minimum absolute atomic E-state index is 0.892. The van der Waals surface area contributed by atoms with Gasteiger partial charge in [-0.3, -0.25) is 0 Å². The Bertz CT molecular complexity index is 352. The quantitative estimate of drug-likeness (QED) is 0.720. The normalized spacial score (nSPS) is 10.4. The predicted molar refractivity (Wildman–Crippen MR) is 78.4 cm³/mol. The van der Waals surface area contributed by atoms with E-state index in [1.807, 2.05) is 0 Å².